The molecule has 1 saturated heterocycles. The lowest BCUT2D eigenvalue weighted by molar-refractivity contribution is 0.382. The van der Waals surface area contributed by atoms with Gasteiger partial charge in [0.1, 0.15) is 11.6 Å². The molecule has 0 radical (unpaired) electrons. The Morgan fingerprint density at radius 2 is 1.66 bits per heavy atom. The Morgan fingerprint density at radius 3 is 2.28 bits per heavy atom. The van der Waals surface area contributed by atoms with Crippen LogP contribution in [0.2, 0.25) is 0 Å². The number of aromatic nitrogens is 2. The lowest BCUT2D eigenvalue weighted by atomic mass is 10.2. The summed E-state index contributed by atoms with van der Waals surface area (Å²) in [6.45, 7) is 3.27. The molecule has 1 fully saturated rings. The van der Waals surface area contributed by atoms with Crippen LogP contribution in [0.5, 0.6) is 0 Å². The molecule has 1 aliphatic heterocycles. The highest BCUT2D eigenvalue weighted by Crippen LogP contribution is 2.22. The monoisotopic (exact) mass is 452 g/mol. The molecular weight excluding hydrogens is 431 g/mol. The molecule has 0 saturated carbocycles. The normalized spacial score (nSPS) is 14.7. The number of hydrogen-bond donors (Lipinski definition) is 1. The van der Waals surface area contributed by atoms with Gasteiger partial charge in [-0.3, -0.25) is 0 Å². The van der Waals surface area contributed by atoms with Gasteiger partial charge in [-0.25, -0.2) is 17.8 Å². The minimum absolute atomic E-state index is 0.0769. The summed E-state index contributed by atoms with van der Waals surface area (Å²) in [7, 11) is -3.68. The van der Waals surface area contributed by atoms with Crippen molar-refractivity contribution < 1.29 is 12.8 Å². The molecule has 0 atom stereocenters. The molecule has 0 amide bonds. The van der Waals surface area contributed by atoms with Crippen molar-refractivity contribution >= 4 is 27.5 Å². The van der Waals surface area contributed by atoms with E-state index < -0.39 is 15.8 Å². The van der Waals surface area contributed by atoms with Gasteiger partial charge in [-0.1, -0.05) is 0 Å². The van der Waals surface area contributed by atoms with Gasteiger partial charge in [0.2, 0.25) is 16.0 Å². The zero-order chi connectivity index (χ0) is 22.7. The van der Waals surface area contributed by atoms with Gasteiger partial charge < -0.3 is 10.2 Å². The van der Waals surface area contributed by atoms with E-state index in [2.05, 4.69) is 21.4 Å². The number of aryl methyl sites for hydroxylation is 1. The van der Waals surface area contributed by atoms with Crippen molar-refractivity contribution in [2.75, 3.05) is 36.4 Å². The molecule has 3 aromatic rings. The number of piperazine rings is 1. The number of nitriles is 1. The van der Waals surface area contributed by atoms with Crippen LogP contribution in [0.4, 0.5) is 21.8 Å². The minimum Gasteiger partial charge on any atom is -0.340 e. The quantitative estimate of drug-likeness (QED) is 0.635. The van der Waals surface area contributed by atoms with E-state index >= 15 is 0 Å². The van der Waals surface area contributed by atoms with Crippen LogP contribution in [-0.2, 0) is 10.0 Å². The molecule has 32 heavy (non-hydrogen) atoms. The molecule has 0 unspecified atom stereocenters. The van der Waals surface area contributed by atoms with Crippen LogP contribution in [0.3, 0.4) is 0 Å². The van der Waals surface area contributed by atoms with E-state index in [0.29, 0.717) is 30.4 Å². The second-order valence-corrected chi connectivity index (χ2v) is 9.29. The second-order valence-electron chi connectivity index (χ2n) is 7.35. The van der Waals surface area contributed by atoms with Gasteiger partial charge in [-0.15, -0.1) is 0 Å². The third-order valence-electron chi connectivity index (χ3n) is 5.10. The van der Waals surface area contributed by atoms with Crippen LogP contribution in [0.1, 0.15) is 11.3 Å². The van der Waals surface area contributed by atoms with Gasteiger partial charge >= 0.3 is 0 Å². The van der Waals surface area contributed by atoms with Crippen molar-refractivity contribution in [2.24, 2.45) is 0 Å². The standard InChI is InChI=1S/C22H21FN6O2S/c1-16-14-21(26-19-6-2-17(15-24)3-7-19)27-22(25-16)28-10-12-29(13-11-28)32(30,31)20-8-4-18(23)5-9-20/h2-9,14H,10-13H2,1H3,(H,25,26,27). The average molecular weight is 453 g/mol. The lowest BCUT2D eigenvalue weighted by Crippen LogP contribution is -2.49. The Hall–Kier alpha value is -3.55. The topological polar surface area (TPSA) is 102 Å². The Kier molecular flexibility index (Phi) is 6.03. The highest BCUT2D eigenvalue weighted by Gasteiger charge is 2.29. The lowest BCUT2D eigenvalue weighted by Gasteiger charge is -2.34. The molecule has 4 rings (SSSR count). The number of benzene rings is 2. The second kappa shape index (κ2) is 8.90. The first-order chi connectivity index (χ1) is 15.3. The van der Waals surface area contributed by atoms with Crippen molar-refractivity contribution in [1.29, 1.82) is 5.26 Å². The van der Waals surface area contributed by atoms with Crippen molar-refractivity contribution in [3.8, 4) is 6.07 Å². The maximum Gasteiger partial charge on any atom is 0.243 e. The fraction of sp³-hybridized carbons (Fsp3) is 0.227. The SMILES string of the molecule is Cc1cc(Nc2ccc(C#N)cc2)nc(N2CCN(S(=O)(=O)c3ccc(F)cc3)CC2)n1. The molecule has 10 heteroatoms. The summed E-state index contributed by atoms with van der Waals surface area (Å²) in [6, 6.07) is 15.8. The predicted molar refractivity (Wildman–Crippen MR) is 119 cm³/mol. The van der Waals surface area contributed by atoms with Crippen LogP contribution in [-0.4, -0.2) is 48.9 Å². The summed E-state index contributed by atoms with van der Waals surface area (Å²) in [4.78, 5) is 11.1. The van der Waals surface area contributed by atoms with Crippen LogP contribution in [0.25, 0.3) is 0 Å². The summed E-state index contributed by atoms with van der Waals surface area (Å²) in [6.07, 6.45) is 0. The smallest absolute Gasteiger partial charge is 0.243 e. The van der Waals surface area contributed by atoms with Gasteiger partial charge in [0.25, 0.3) is 0 Å². The van der Waals surface area contributed by atoms with E-state index in [0.717, 1.165) is 23.5 Å². The molecule has 1 aromatic heterocycles. The number of nitrogens with zero attached hydrogens (tertiary/aromatic N) is 5. The molecule has 2 aromatic carbocycles. The van der Waals surface area contributed by atoms with Gasteiger partial charge in [-0.05, 0) is 55.5 Å². The van der Waals surface area contributed by atoms with E-state index in [4.69, 9.17) is 5.26 Å². The van der Waals surface area contributed by atoms with Crippen molar-refractivity contribution in [3.05, 3.63) is 71.7 Å². The predicted octanol–water partition coefficient (Wildman–Crippen LogP) is 3.05. The summed E-state index contributed by atoms with van der Waals surface area (Å²) in [5.74, 6) is 0.648. The zero-order valence-corrected chi connectivity index (χ0v) is 18.2. The van der Waals surface area contributed by atoms with Gasteiger partial charge in [0.15, 0.2) is 0 Å². The van der Waals surface area contributed by atoms with Crippen LogP contribution >= 0.6 is 0 Å². The molecular formula is C22H21FN6O2S. The molecule has 164 valence electrons. The number of hydrogen-bond acceptors (Lipinski definition) is 7. The Labute approximate surface area is 186 Å². The number of anilines is 3. The Bertz CT molecular complexity index is 1250. The first-order valence-electron chi connectivity index (χ1n) is 9.99. The average Bonchev–Trinajstić information content (AvgIpc) is 2.79. The Balaban J connectivity index is 1.46. The van der Waals surface area contributed by atoms with E-state index in [-0.39, 0.29) is 18.0 Å². The maximum atomic E-state index is 13.1. The van der Waals surface area contributed by atoms with Crippen LogP contribution in [0, 0.1) is 24.1 Å². The third-order valence-corrected chi connectivity index (χ3v) is 7.01. The Morgan fingerprint density at radius 1 is 1.00 bits per heavy atom. The largest absolute Gasteiger partial charge is 0.340 e. The third kappa shape index (κ3) is 4.69. The van der Waals surface area contributed by atoms with Crippen molar-refractivity contribution in [2.45, 2.75) is 11.8 Å². The summed E-state index contributed by atoms with van der Waals surface area (Å²) in [5, 5.41) is 12.1. The first kappa shape index (κ1) is 21.7. The first-order valence-corrected chi connectivity index (χ1v) is 11.4. The van der Waals surface area contributed by atoms with Gasteiger partial charge in [0, 0.05) is 43.6 Å². The van der Waals surface area contributed by atoms with Crippen molar-refractivity contribution in [3.63, 3.8) is 0 Å². The van der Waals surface area contributed by atoms with E-state index in [1.807, 2.05) is 17.9 Å². The zero-order valence-electron chi connectivity index (χ0n) is 17.4. The van der Waals surface area contributed by atoms with Crippen LogP contribution < -0.4 is 10.2 Å². The number of nitrogens with one attached hydrogen (secondary N) is 1. The van der Waals surface area contributed by atoms with Crippen molar-refractivity contribution in [1.82, 2.24) is 14.3 Å². The highest BCUT2D eigenvalue weighted by molar-refractivity contribution is 7.89. The van der Waals surface area contributed by atoms with Gasteiger partial charge in [-0.2, -0.15) is 14.6 Å². The molecule has 8 nitrogen and oxygen atoms in total. The number of halogens is 1. The fourth-order valence-electron chi connectivity index (χ4n) is 3.42. The minimum atomic E-state index is -3.68. The summed E-state index contributed by atoms with van der Waals surface area (Å²) in [5.41, 5.74) is 2.14. The molecule has 1 N–H and O–H groups in total. The van der Waals surface area contributed by atoms with Gasteiger partial charge in [0.05, 0.1) is 16.5 Å². The maximum absolute atomic E-state index is 13.1. The van der Waals surface area contributed by atoms with E-state index in [1.165, 1.54) is 16.4 Å². The van der Waals surface area contributed by atoms with Crippen LogP contribution in [0.15, 0.2) is 59.5 Å². The fourth-order valence-corrected chi connectivity index (χ4v) is 4.84. The molecule has 2 heterocycles. The molecule has 0 aliphatic carbocycles. The summed E-state index contributed by atoms with van der Waals surface area (Å²) >= 11 is 0. The number of rotatable bonds is 5. The van der Waals surface area contributed by atoms with E-state index in [1.54, 1.807) is 24.3 Å². The highest BCUT2D eigenvalue weighted by atomic mass is 32.2. The molecule has 1 aliphatic rings. The summed E-state index contributed by atoms with van der Waals surface area (Å²) < 4.78 is 40.2. The number of sulfonamides is 1. The van der Waals surface area contributed by atoms with E-state index in [9.17, 15) is 12.8 Å². The molecule has 0 spiro atoms. The molecule has 0 bridgehead atoms.